The topological polar surface area (TPSA) is 49.6 Å². The van der Waals surface area contributed by atoms with Crippen LogP contribution in [0.3, 0.4) is 0 Å². The van der Waals surface area contributed by atoms with Crippen LogP contribution in [-0.4, -0.2) is 28.8 Å². The van der Waals surface area contributed by atoms with E-state index in [-0.39, 0.29) is 11.4 Å². The number of carbonyl (C=O) groups excluding carboxylic acids is 1. The molecule has 0 atom stereocenters. The highest BCUT2D eigenvalue weighted by Gasteiger charge is 2.29. The molecule has 4 rings (SSSR count). The fourth-order valence-corrected chi connectivity index (χ4v) is 4.85. The van der Waals surface area contributed by atoms with Crippen LogP contribution in [0.2, 0.25) is 0 Å². The quantitative estimate of drug-likeness (QED) is 0.398. The third-order valence-corrected chi connectivity index (χ3v) is 6.34. The first kappa shape index (κ1) is 22.6. The molecule has 0 saturated heterocycles. The molecule has 1 amide bonds. The molecule has 0 radical (unpaired) electrons. The van der Waals surface area contributed by atoms with Crippen LogP contribution in [0, 0.1) is 13.8 Å². The van der Waals surface area contributed by atoms with Crippen LogP contribution in [-0.2, 0) is 0 Å². The molecular weight excluding hydrogens is 408 g/mol. The Labute approximate surface area is 196 Å². The van der Waals surface area contributed by atoms with E-state index in [1.54, 1.807) is 12.3 Å². The van der Waals surface area contributed by atoms with E-state index in [9.17, 15) is 4.79 Å². The number of nitrogens with one attached hydrogen (secondary N) is 1. The molecule has 2 heterocycles. The number of amides is 1. The van der Waals surface area contributed by atoms with Crippen LogP contribution in [0.15, 0.2) is 65.8 Å². The molecule has 2 aromatic carbocycles. The van der Waals surface area contributed by atoms with Crippen molar-refractivity contribution in [2.75, 3.05) is 11.4 Å². The lowest BCUT2D eigenvalue weighted by atomic mass is 9.88. The summed E-state index contributed by atoms with van der Waals surface area (Å²) in [6.45, 7) is 13.9. The summed E-state index contributed by atoms with van der Waals surface area (Å²) in [5.74, 6) is -0.233. The molecule has 170 valence electrons. The van der Waals surface area contributed by atoms with Gasteiger partial charge in [0.25, 0.3) is 5.91 Å². The molecular formula is C28H32N4O. The number of rotatable bonds is 5. The summed E-state index contributed by atoms with van der Waals surface area (Å²) in [5.41, 5.74) is 11.1. The van der Waals surface area contributed by atoms with E-state index in [1.165, 1.54) is 16.8 Å². The maximum Gasteiger partial charge on any atom is 0.271 e. The third-order valence-electron chi connectivity index (χ3n) is 6.34. The number of carbonyl (C=O) groups is 1. The normalized spacial score (nSPS) is 14.8. The van der Waals surface area contributed by atoms with Crippen molar-refractivity contribution in [3.63, 3.8) is 0 Å². The van der Waals surface area contributed by atoms with E-state index in [0.29, 0.717) is 5.56 Å². The fourth-order valence-electron chi connectivity index (χ4n) is 4.85. The van der Waals surface area contributed by atoms with Gasteiger partial charge in [-0.3, -0.25) is 4.79 Å². The van der Waals surface area contributed by atoms with Gasteiger partial charge in [0.1, 0.15) is 0 Å². The summed E-state index contributed by atoms with van der Waals surface area (Å²) < 4.78 is 2.13. The SMILES string of the molecule is CCN1c2ccc(/C=N\NC(=O)c3cccc(-n4c(C)ccc4C)c3)cc2C(C)=CC1(C)C. The maximum absolute atomic E-state index is 12.7. The number of aromatic nitrogens is 1. The number of anilines is 1. The highest BCUT2D eigenvalue weighted by molar-refractivity contribution is 5.95. The number of allylic oxidation sites excluding steroid dienone is 1. The Balaban J connectivity index is 1.51. The Morgan fingerprint density at radius 3 is 2.45 bits per heavy atom. The first-order valence-corrected chi connectivity index (χ1v) is 11.4. The van der Waals surface area contributed by atoms with Crippen molar-refractivity contribution in [3.8, 4) is 5.69 Å². The Morgan fingerprint density at radius 1 is 1.03 bits per heavy atom. The molecule has 0 fully saturated rings. The minimum Gasteiger partial charge on any atom is -0.363 e. The molecule has 1 N–H and O–H groups in total. The Bertz CT molecular complexity index is 1240. The summed E-state index contributed by atoms with van der Waals surface area (Å²) >= 11 is 0. The predicted octanol–water partition coefficient (Wildman–Crippen LogP) is 5.88. The molecule has 33 heavy (non-hydrogen) atoms. The first-order valence-electron chi connectivity index (χ1n) is 11.4. The number of benzene rings is 2. The van der Waals surface area contributed by atoms with Gasteiger partial charge in [-0.25, -0.2) is 5.43 Å². The summed E-state index contributed by atoms with van der Waals surface area (Å²) in [6, 6.07) is 18.1. The van der Waals surface area contributed by atoms with Gasteiger partial charge in [-0.1, -0.05) is 18.2 Å². The van der Waals surface area contributed by atoms with E-state index < -0.39 is 0 Å². The van der Waals surface area contributed by atoms with Crippen LogP contribution < -0.4 is 10.3 Å². The number of aryl methyl sites for hydroxylation is 2. The van der Waals surface area contributed by atoms with E-state index in [0.717, 1.165) is 29.2 Å². The van der Waals surface area contributed by atoms with Gasteiger partial charge < -0.3 is 9.47 Å². The van der Waals surface area contributed by atoms with Crippen molar-refractivity contribution in [2.45, 2.75) is 47.1 Å². The summed E-state index contributed by atoms with van der Waals surface area (Å²) in [4.78, 5) is 15.1. The number of hydrazone groups is 1. The average molecular weight is 441 g/mol. The van der Waals surface area contributed by atoms with Crippen molar-refractivity contribution in [3.05, 3.63) is 88.8 Å². The Morgan fingerprint density at radius 2 is 1.76 bits per heavy atom. The van der Waals surface area contributed by atoms with Gasteiger partial charge in [-0.05, 0) is 95.1 Å². The Kier molecular flexibility index (Phi) is 5.98. The van der Waals surface area contributed by atoms with Gasteiger partial charge in [0, 0.05) is 40.4 Å². The lowest BCUT2D eigenvalue weighted by Gasteiger charge is -2.42. The second-order valence-electron chi connectivity index (χ2n) is 9.20. The van der Waals surface area contributed by atoms with Crippen molar-refractivity contribution >= 4 is 23.4 Å². The number of fused-ring (bicyclic) bond motifs is 1. The van der Waals surface area contributed by atoms with Gasteiger partial charge in [0.2, 0.25) is 0 Å². The zero-order chi connectivity index (χ0) is 23.8. The van der Waals surface area contributed by atoms with Gasteiger partial charge in [0.15, 0.2) is 0 Å². The lowest BCUT2D eigenvalue weighted by Crippen LogP contribution is -2.44. The van der Waals surface area contributed by atoms with Crippen molar-refractivity contribution in [1.82, 2.24) is 9.99 Å². The second-order valence-corrected chi connectivity index (χ2v) is 9.20. The molecule has 5 heteroatoms. The third kappa shape index (κ3) is 4.36. The number of hydrogen-bond donors (Lipinski definition) is 1. The molecule has 3 aromatic rings. The molecule has 0 unspecified atom stereocenters. The van der Waals surface area contributed by atoms with Crippen molar-refractivity contribution in [2.24, 2.45) is 5.10 Å². The van der Waals surface area contributed by atoms with Crippen molar-refractivity contribution < 1.29 is 4.79 Å². The van der Waals surface area contributed by atoms with Gasteiger partial charge in [-0.15, -0.1) is 0 Å². The highest BCUT2D eigenvalue weighted by atomic mass is 16.2. The van der Waals surface area contributed by atoms with Crippen LogP contribution >= 0.6 is 0 Å². The van der Waals surface area contributed by atoms with Crippen LogP contribution in [0.4, 0.5) is 5.69 Å². The molecule has 0 spiro atoms. The first-order chi connectivity index (χ1) is 15.7. The van der Waals surface area contributed by atoms with E-state index in [2.05, 4.69) is 91.9 Å². The molecule has 1 aliphatic rings. The van der Waals surface area contributed by atoms with Crippen molar-refractivity contribution in [1.29, 1.82) is 0 Å². The molecule has 0 aliphatic carbocycles. The number of nitrogens with zero attached hydrogens (tertiary/aromatic N) is 3. The highest BCUT2D eigenvalue weighted by Crippen LogP contribution is 2.38. The molecule has 1 aromatic heterocycles. The predicted molar refractivity (Wildman–Crippen MR) is 137 cm³/mol. The largest absolute Gasteiger partial charge is 0.363 e. The van der Waals surface area contributed by atoms with E-state index in [4.69, 9.17) is 0 Å². The van der Waals surface area contributed by atoms with E-state index >= 15 is 0 Å². The number of likely N-dealkylation sites (N-methyl/N-ethyl adjacent to an activating group) is 1. The fraction of sp³-hybridized carbons (Fsp3) is 0.286. The zero-order valence-electron chi connectivity index (χ0n) is 20.3. The van der Waals surface area contributed by atoms with Crippen LogP contribution in [0.5, 0.6) is 0 Å². The van der Waals surface area contributed by atoms with Crippen LogP contribution in [0.25, 0.3) is 11.3 Å². The molecule has 5 nitrogen and oxygen atoms in total. The summed E-state index contributed by atoms with van der Waals surface area (Å²) in [7, 11) is 0. The maximum atomic E-state index is 12.7. The standard InChI is InChI=1S/C28H32N4O/c1-7-31-26-14-13-22(15-25(26)19(2)17-28(31,5)6)18-29-30-27(33)23-9-8-10-24(16-23)32-20(3)11-12-21(32)4/h8-18H,7H2,1-6H3,(H,30,33)/b29-18-. The summed E-state index contributed by atoms with van der Waals surface area (Å²) in [5, 5.41) is 4.22. The van der Waals surface area contributed by atoms with Gasteiger partial charge in [-0.2, -0.15) is 5.10 Å². The minimum absolute atomic E-state index is 0.0122. The monoisotopic (exact) mass is 440 g/mol. The number of hydrogen-bond acceptors (Lipinski definition) is 3. The van der Waals surface area contributed by atoms with Gasteiger partial charge >= 0.3 is 0 Å². The smallest absolute Gasteiger partial charge is 0.271 e. The zero-order valence-corrected chi connectivity index (χ0v) is 20.3. The Hall–Kier alpha value is -3.60. The molecule has 1 aliphatic heterocycles. The lowest BCUT2D eigenvalue weighted by molar-refractivity contribution is 0.0955. The van der Waals surface area contributed by atoms with E-state index in [1.807, 2.05) is 24.3 Å². The average Bonchev–Trinajstić information content (AvgIpc) is 3.11. The molecule has 0 bridgehead atoms. The minimum atomic E-state index is -0.233. The van der Waals surface area contributed by atoms with Crippen LogP contribution in [0.1, 0.15) is 60.6 Å². The molecule has 0 saturated carbocycles. The van der Waals surface area contributed by atoms with Gasteiger partial charge in [0.05, 0.1) is 11.8 Å². The summed E-state index contributed by atoms with van der Waals surface area (Å²) in [6.07, 6.45) is 4.01. The second kappa shape index (κ2) is 8.74.